The molecule has 1 atom stereocenters. The Morgan fingerprint density at radius 3 is 2.89 bits per heavy atom. The van der Waals surface area contributed by atoms with Crippen LogP contribution in [0.15, 0.2) is 18.5 Å². The van der Waals surface area contributed by atoms with Gasteiger partial charge in [-0.1, -0.05) is 0 Å². The van der Waals surface area contributed by atoms with Gasteiger partial charge in [0.2, 0.25) is 0 Å². The normalized spacial score (nSPS) is 17.2. The van der Waals surface area contributed by atoms with Crippen molar-refractivity contribution in [3.63, 3.8) is 0 Å². The third kappa shape index (κ3) is 5.76. The van der Waals surface area contributed by atoms with E-state index in [4.69, 9.17) is 0 Å². The Labute approximate surface area is 126 Å². The number of nitrogens with zero attached hydrogens (tertiary/aromatic N) is 1. The van der Waals surface area contributed by atoms with E-state index >= 15 is 0 Å². The molecule has 0 bridgehead atoms. The first kappa shape index (κ1) is 18.2. The van der Waals surface area contributed by atoms with E-state index in [0.29, 0.717) is 11.6 Å². The first-order chi connectivity index (χ1) is 8.25. The number of hydrogen-bond acceptors (Lipinski definition) is 3. The molecule has 1 amide bonds. The Bertz CT molecular complexity index is 395. The van der Waals surface area contributed by atoms with Crippen molar-refractivity contribution in [3.05, 3.63) is 29.6 Å². The van der Waals surface area contributed by atoms with Gasteiger partial charge in [-0.15, -0.1) is 24.8 Å². The summed E-state index contributed by atoms with van der Waals surface area (Å²) in [6.45, 7) is 3.77. The highest BCUT2D eigenvalue weighted by Crippen LogP contribution is 2.07. The molecule has 1 aliphatic rings. The number of pyridine rings is 1. The fourth-order valence-corrected chi connectivity index (χ4v) is 2.14. The van der Waals surface area contributed by atoms with Crippen LogP contribution in [-0.4, -0.2) is 30.0 Å². The van der Waals surface area contributed by atoms with Crippen LogP contribution in [0.1, 0.15) is 35.2 Å². The first-order valence-electron chi connectivity index (χ1n) is 6.19. The fraction of sp³-hybridized carbons (Fsp3) is 0.538. The van der Waals surface area contributed by atoms with Crippen LogP contribution >= 0.6 is 24.8 Å². The lowest BCUT2D eigenvalue weighted by atomic mass is 10.1. The molecule has 0 saturated carbocycles. The van der Waals surface area contributed by atoms with Gasteiger partial charge in [0.05, 0.1) is 5.56 Å². The van der Waals surface area contributed by atoms with Gasteiger partial charge in [0.1, 0.15) is 0 Å². The molecule has 108 valence electrons. The number of carbonyl (C=O) groups excluding carboxylic acids is 1. The van der Waals surface area contributed by atoms with Gasteiger partial charge in [-0.3, -0.25) is 9.78 Å². The second-order valence-electron chi connectivity index (χ2n) is 4.59. The van der Waals surface area contributed by atoms with E-state index < -0.39 is 0 Å². The van der Waals surface area contributed by atoms with Gasteiger partial charge in [0.25, 0.3) is 5.91 Å². The van der Waals surface area contributed by atoms with Gasteiger partial charge in [-0.2, -0.15) is 0 Å². The van der Waals surface area contributed by atoms with Crippen LogP contribution in [-0.2, 0) is 0 Å². The maximum atomic E-state index is 11.8. The van der Waals surface area contributed by atoms with Crippen molar-refractivity contribution in [2.45, 2.75) is 32.2 Å². The van der Waals surface area contributed by atoms with Crippen molar-refractivity contribution in [1.29, 1.82) is 0 Å². The molecule has 1 fully saturated rings. The molecule has 6 heteroatoms. The molecule has 2 N–H and O–H groups in total. The topological polar surface area (TPSA) is 54.0 Å². The summed E-state index contributed by atoms with van der Waals surface area (Å²) in [7, 11) is 0. The van der Waals surface area contributed by atoms with Crippen LogP contribution < -0.4 is 10.6 Å². The van der Waals surface area contributed by atoms with Gasteiger partial charge in [-0.05, 0) is 44.4 Å². The number of aryl methyl sites for hydroxylation is 1. The third-order valence-electron chi connectivity index (χ3n) is 3.08. The zero-order valence-electron chi connectivity index (χ0n) is 11.0. The molecule has 0 unspecified atom stereocenters. The second kappa shape index (κ2) is 9.13. The van der Waals surface area contributed by atoms with Crippen LogP contribution in [0.25, 0.3) is 0 Å². The summed E-state index contributed by atoms with van der Waals surface area (Å²) in [5.74, 6) is -0.0285. The van der Waals surface area contributed by atoms with Crippen LogP contribution in [0.2, 0.25) is 0 Å². The number of carbonyl (C=O) groups is 1. The van der Waals surface area contributed by atoms with Crippen molar-refractivity contribution in [2.75, 3.05) is 13.1 Å². The van der Waals surface area contributed by atoms with Gasteiger partial charge in [-0.25, -0.2) is 0 Å². The lowest BCUT2D eigenvalue weighted by Crippen LogP contribution is -2.30. The number of amides is 1. The molecular weight excluding hydrogens is 285 g/mol. The molecule has 19 heavy (non-hydrogen) atoms. The number of halogens is 2. The zero-order chi connectivity index (χ0) is 12.1. The minimum Gasteiger partial charge on any atom is -0.352 e. The van der Waals surface area contributed by atoms with Gasteiger partial charge >= 0.3 is 0 Å². The van der Waals surface area contributed by atoms with Crippen molar-refractivity contribution in [3.8, 4) is 0 Å². The molecule has 0 aromatic carbocycles. The average molecular weight is 306 g/mol. The molecule has 0 aliphatic carbocycles. The summed E-state index contributed by atoms with van der Waals surface area (Å²) in [4.78, 5) is 15.8. The minimum absolute atomic E-state index is 0. The smallest absolute Gasteiger partial charge is 0.252 e. The number of rotatable bonds is 4. The standard InChI is InChI=1S/C13H19N3O.2ClH/c1-10-7-11(9-14-8-10)13(17)16-6-4-12-3-2-5-15-12;;/h7-9,12,15H,2-6H2,1H3,(H,16,17);2*1H/t12-;;/m1../s1. The Kier molecular flexibility index (Phi) is 8.72. The highest BCUT2D eigenvalue weighted by molar-refractivity contribution is 5.93. The third-order valence-corrected chi connectivity index (χ3v) is 3.08. The Morgan fingerprint density at radius 2 is 2.26 bits per heavy atom. The quantitative estimate of drug-likeness (QED) is 0.896. The molecule has 2 rings (SSSR count). The van der Waals surface area contributed by atoms with Crippen LogP contribution in [0.4, 0.5) is 0 Å². The maximum absolute atomic E-state index is 11.8. The van der Waals surface area contributed by atoms with Crippen LogP contribution in [0, 0.1) is 6.92 Å². The molecule has 1 saturated heterocycles. The molecule has 1 aliphatic heterocycles. The average Bonchev–Trinajstić information content (AvgIpc) is 2.82. The summed E-state index contributed by atoms with van der Waals surface area (Å²) in [5.41, 5.74) is 1.65. The summed E-state index contributed by atoms with van der Waals surface area (Å²) < 4.78 is 0. The minimum atomic E-state index is -0.0285. The summed E-state index contributed by atoms with van der Waals surface area (Å²) >= 11 is 0. The van der Waals surface area contributed by atoms with E-state index in [1.165, 1.54) is 12.8 Å². The predicted octanol–water partition coefficient (Wildman–Crippen LogP) is 2.11. The molecule has 1 aromatic rings. The van der Waals surface area contributed by atoms with Crippen molar-refractivity contribution in [2.24, 2.45) is 0 Å². The van der Waals surface area contributed by atoms with Crippen molar-refractivity contribution < 1.29 is 4.79 Å². The molecule has 2 heterocycles. The molecule has 4 nitrogen and oxygen atoms in total. The SMILES string of the molecule is Cc1cncc(C(=O)NCC[C@H]2CCCN2)c1.Cl.Cl. The molecule has 1 aromatic heterocycles. The maximum Gasteiger partial charge on any atom is 0.252 e. The summed E-state index contributed by atoms with van der Waals surface area (Å²) in [6, 6.07) is 2.43. The highest BCUT2D eigenvalue weighted by Gasteiger charge is 2.14. The van der Waals surface area contributed by atoms with E-state index in [1.807, 2.05) is 13.0 Å². The van der Waals surface area contributed by atoms with Crippen molar-refractivity contribution in [1.82, 2.24) is 15.6 Å². The van der Waals surface area contributed by atoms with E-state index in [-0.39, 0.29) is 30.7 Å². The summed E-state index contributed by atoms with van der Waals surface area (Å²) in [6.07, 6.45) is 6.84. The Balaban J connectivity index is 0.00000162. The number of hydrogen-bond donors (Lipinski definition) is 2. The number of nitrogens with one attached hydrogen (secondary N) is 2. The van der Waals surface area contributed by atoms with Gasteiger partial charge in [0.15, 0.2) is 0 Å². The van der Waals surface area contributed by atoms with E-state index in [9.17, 15) is 4.79 Å². The van der Waals surface area contributed by atoms with Crippen LogP contribution in [0.5, 0.6) is 0 Å². The number of aromatic nitrogens is 1. The van der Waals surface area contributed by atoms with E-state index in [1.54, 1.807) is 12.4 Å². The first-order valence-corrected chi connectivity index (χ1v) is 6.19. The van der Waals surface area contributed by atoms with Gasteiger partial charge < -0.3 is 10.6 Å². The van der Waals surface area contributed by atoms with E-state index in [2.05, 4.69) is 15.6 Å². The molecule has 0 spiro atoms. The predicted molar refractivity (Wildman–Crippen MR) is 81.4 cm³/mol. The zero-order valence-corrected chi connectivity index (χ0v) is 12.6. The lowest BCUT2D eigenvalue weighted by Gasteiger charge is -2.10. The molecular formula is C13H21Cl2N3O. The summed E-state index contributed by atoms with van der Waals surface area (Å²) in [5, 5.41) is 6.35. The molecule has 0 radical (unpaired) electrons. The fourth-order valence-electron chi connectivity index (χ4n) is 2.14. The van der Waals surface area contributed by atoms with E-state index in [0.717, 1.165) is 25.1 Å². The monoisotopic (exact) mass is 305 g/mol. The second-order valence-corrected chi connectivity index (χ2v) is 4.59. The highest BCUT2D eigenvalue weighted by atomic mass is 35.5. The Morgan fingerprint density at radius 1 is 1.47 bits per heavy atom. The lowest BCUT2D eigenvalue weighted by molar-refractivity contribution is 0.0952. The largest absolute Gasteiger partial charge is 0.352 e. The van der Waals surface area contributed by atoms with Gasteiger partial charge in [0, 0.05) is 25.0 Å². The van der Waals surface area contributed by atoms with Crippen molar-refractivity contribution >= 4 is 30.7 Å². The van der Waals surface area contributed by atoms with Crippen LogP contribution in [0.3, 0.4) is 0 Å². The Hall–Kier alpha value is -0.840.